The number of hydrogen-bond acceptors (Lipinski definition) is 7. The third kappa shape index (κ3) is 4.26. The molecule has 1 N–H and O–H groups in total. The van der Waals surface area contributed by atoms with E-state index in [4.69, 9.17) is 14.5 Å². The number of hydrogen-bond donors (Lipinski definition) is 1. The third-order valence-electron chi connectivity index (χ3n) is 4.35. The molecule has 4 rings (SSSR count). The van der Waals surface area contributed by atoms with Crippen molar-refractivity contribution in [1.82, 2.24) is 19.7 Å². The van der Waals surface area contributed by atoms with Gasteiger partial charge < -0.3 is 9.47 Å². The summed E-state index contributed by atoms with van der Waals surface area (Å²) >= 11 is 3.10. The summed E-state index contributed by atoms with van der Waals surface area (Å²) in [4.78, 5) is 16.7. The minimum absolute atomic E-state index is 0.0959. The average Bonchev–Trinajstić information content (AvgIpc) is 3.44. The standard InChI is InChI=1S/C18H20N4O3S2/c1-24-14-5-2-4-12(8-14)16-19-13(10-26-16)11-27-18-21-20-17(23)22(18)9-15-6-3-7-25-15/h2,4-5,8,10,15H,3,6-7,9,11H2,1H3,(H,20,23). The molecule has 3 aromatic rings. The molecule has 27 heavy (non-hydrogen) atoms. The highest BCUT2D eigenvalue weighted by Crippen LogP contribution is 2.29. The van der Waals surface area contributed by atoms with Gasteiger partial charge in [0.1, 0.15) is 10.8 Å². The van der Waals surface area contributed by atoms with E-state index in [0.717, 1.165) is 41.5 Å². The van der Waals surface area contributed by atoms with Gasteiger partial charge in [0.15, 0.2) is 5.16 Å². The Hall–Kier alpha value is -2.10. The zero-order chi connectivity index (χ0) is 18.6. The average molecular weight is 405 g/mol. The number of nitrogens with zero attached hydrogens (tertiary/aromatic N) is 3. The minimum Gasteiger partial charge on any atom is -0.497 e. The maximum absolute atomic E-state index is 12.0. The number of benzene rings is 1. The summed E-state index contributed by atoms with van der Waals surface area (Å²) in [5.41, 5.74) is 1.80. The highest BCUT2D eigenvalue weighted by atomic mass is 32.2. The van der Waals surface area contributed by atoms with Crippen molar-refractivity contribution in [2.24, 2.45) is 0 Å². The van der Waals surface area contributed by atoms with Crippen LogP contribution in [-0.2, 0) is 17.0 Å². The van der Waals surface area contributed by atoms with Gasteiger partial charge in [-0.2, -0.15) is 0 Å². The first-order chi connectivity index (χ1) is 13.2. The molecule has 0 radical (unpaired) electrons. The summed E-state index contributed by atoms with van der Waals surface area (Å²) in [5.74, 6) is 1.46. The number of thioether (sulfide) groups is 1. The molecule has 2 aromatic heterocycles. The van der Waals surface area contributed by atoms with Gasteiger partial charge in [0.05, 0.1) is 25.5 Å². The van der Waals surface area contributed by atoms with Gasteiger partial charge in [0.25, 0.3) is 0 Å². The molecule has 142 valence electrons. The molecule has 1 aliphatic rings. The Morgan fingerprint density at radius 3 is 3.22 bits per heavy atom. The van der Waals surface area contributed by atoms with Crippen LogP contribution in [0.4, 0.5) is 0 Å². The predicted octanol–water partition coefficient (Wildman–Crippen LogP) is 3.17. The number of H-pyrrole nitrogens is 1. The van der Waals surface area contributed by atoms with Crippen LogP contribution < -0.4 is 10.4 Å². The number of aromatic amines is 1. The van der Waals surface area contributed by atoms with Crippen LogP contribution in [0, 0.1) is 0 Å². The summed E-state index contributed by atoms with van der Waals surface area (Å²) < 4.78 is 12.6. The van der Waals surface area contributed by atoms with Crippen molar-refractivity contribution in [1.29, 1.82) is 0 Å². The maximum Gasteiger partial charge on any atom is 0.344 e. The fourth-order valence-electron chi connectivity index (χ4n) is 2.97. The Balaban J connectivity index is 1.44. The number of thiazole rings is 1. The summed E-state index contributed by atoms with van der Waals surface area (Å²) in [6.07, 6.45) is 2.13. The molecule has 1 aromatic carbocycles. The second kappa shape index (κ2) is 8.28. The second-order valence-electron chi connectivity index (χ2n) is 6.22. The molecule has 9 heteroatoms. The van der Waals surface area contributed by atoms with Crippen LogP contribution in [0.5, 0.6) is 5.75 Å². The van der Waals surface area contributed by atoms with E-state index in [-0.39, 0.29) is 11.8 Å². The van der Waals surface area contributed by atoms with E-state index in [2.05, 4.69) is 10.2 Å². The lowest BCUT2D eigenvalue weighted by Crippen LogP contribution is -2.24. The van der Waals surface area contributed by atoms with Crippen molar-refractivity contribution in [3.63, 3.8) is 0 Å². The first-order valence-corrected chi connectivity index (χ1v) is 10.6. The second-order valence-corrected chi connectivity index (χ2v) is 8.02. The smallest absolute Gasteiger partial charge is 0.344 e. The van der Waals surface area contributed by atoms with Crippen molar-refractivity contribution in [3.8, 4) is 16.3 Å². The highest BCUT2D eigenvalue weighted by molar-refractivity contribution is 7.98. The van der Waals surface area contributed by atoms with Gasteiger partial charge in [-0.1, -0.05) is 23.9 Å². The van der Waals surface area contributed by atoms with E-state index in [0.29, 0.717) is 17.5 Å². The van der Waals surface area contributed by atoms with Gasteiger partial charge >= 0.3 is 5.69 Å². The molecule has 3 heterocycles. The molecule has 1 unspecified atom stereocenters. The lowest BCUT2D eigenvalue weighted by molar-refractivity contribution is 0.0941. The monoisotopic (exact) mass is 404 g/mol. The Labute approximate surface area is 164 Å². The summed E-state index contributed by atoms with van der Waals surface area (Å²) in [6.45, 7) is 1.31. The van der Waals surface area contributed by atoms with Gasteiger partial charge in [-0.3, -0.25) is 4.57 Å². The number of ether oxygens (including phenoxy) is 2. The van der Waals surface area contributed by atoms with Gasteiger partial charge in [0, 0.05) is 23.3 Å². The molecule has 1 aliphatic heterocycles. The van der Waals surface area contributed by atoms with E-state index >= 15 is 0 Å². The zero-order valence-corrected chi connectivity index (χ0v) is 16.5. The zero-order valence-electron chi connectivity index (χ0n) is 14.9. The van der Waals surface area contributed by atoms with E-state index < -0.39 is 0 Å². The van der Waals surface area contributed by atoms with Crippen LogP contribution in [0.15, 0.2) is 39.6 Å². The van der Waals surface area contributed by atoms with E-state index in [1.54, 1.807) is 23.0 Å². The molecule has 7 nitrogen and oxygen atoms in total. The fourth-order valence-corrected chi connectivity index (χ4v) is 4.74. The molecule has 1 saturated heterocycles. The van der Waals surface area contributed by atoms with Crippen molar-refractivity contribution in [2.45, 2.75) is 36.4 Å². The largest absolute Gasteiger partial charge is 0.497 e. The van der Waals surface area contributed by atoms with Crippen LogP contribution in [0.2, 0.25) is 0 Å². The maximum atomic E-state index is 12.0. The fraction of sp³-hybridized carbons (Fsp3) is 0.389. The molecular formula is C18H20N4O3S2. The molecule has 0 amide bonds. The van der Waals surface area contributed by atoms with Crippen LogP contribution in [0.3, 0.4) is 0 Å². The number of aromatic nitrogens is 4. The van der Waals surface area contributed by atoms with E-state index in [1.807, 2.05) is 29.6 Å². The molecule has 0 aliphatic carbocycles. The third-order valence-corrected chi connectivity index (χ3v) is 6.30. The highest BCUT2D eigenvalue weighted by Gasteiger charge is 2.20. The Morgan fingerprint density at radius 2 is 2.41 bits per heavy atom. The lowest BCUT2D eigenvalue weighted by atomic mass is 10.2. The van der Waals surface area contributed by atoms with Crippen LogP contribution >= 0.6 is 23.1 Å². The molecule has 0 spiro atoms. The van der Waals surface area contributed by atoms with Crippen molar-refractivity contribution in [2.75, 3.05) is 13.7 Å². The number of rotatable bonds is 7. The lowest BCUT2D eigenvalue weighted by Gasteiger charge is -2.10. The number of methoxy groups -OCH3 is 1. The van der Waals surface area contributed by atoms with Crippen LogP contribution in [-0.4, -0.2) is 39.6 Å². The molecule has 0 bridgehead atoms. The Kier molecular flexibility index (Phi) is 5.61. The number of nitrogens with one attached hydrogen (secondary N) is 1. The molecular weight excluding hydrogens is 384 g/mol. The minimum atomic E-state index is -0.191. The van der Waals surface area contributed by atoms with Crippen molar-refractivity contribution >= 4 is 23.1 Å². The van der Waals surface area contributed by atoms with Gasteiger partial charge in [-0.15, -0.1) is 16.4 Å². The van der Waals surface area contributed by atoms with Gasteiger partial charge in [-0.05, 0) is 25.0 Å². The van der Waals surface area contributed by atoms with Gasteiger partial charge in [-0.25, -0.2) is 14.9 Å². The predicted molar refractivity (Wildman–Crippen MR) is 105 cm³/mol. The van der Waals surface area contributed by atoms with Crippen LogP contribution in [0.1, 0.15) is 18.5 Å². The quantitative estimate of drug-likeness (QED) is 0.609. The van der Waals surface area contributed by atoms with Crippen molar-refractivity contribution in [3.05, 3.63) is 45.8 Å². The first-order valence-electron chi connectivity index (χ1n) is 8.71. The van der Waals surface area contributed by atoms with Crippen LogP contribution in [0.25, 0.3) is 10.6 Å². The molecule has 0 saturated carbocycles. The Bertz CT molecular complexity index is 959. The van der Waals surface area contributed by atoms with E-state index in [1.165, 1.54) is 11.8 Å². The van der Waals surface area contributed by atoms with E-state index in [9.17, 15) is 4.79 Å². The SMILES string of the molecule is COc1cccc(-c2nc(CSc3n[nH]c(=O)n3CC3CCCO3)cs2)c1. The molecule has 1 fully saturated rings. The van der Waals surface area contributed by atoms with Gasteiger partial charge in [0.2, 0.25) is 0 Å². The first kappa shape index (κ1) is 18.3. The summed E-state index contributed by atoms with van der Waals surface area (Å²) in [5, 5.41) is 10.4. The summed E-state index contributed by atoms with van der Waals surface area (Å²) in [7, 11) is 1.66. The normalized spacial score (nSPS) is 16.7. The topological polar surface area (TPSA) is 82.0 Å². The molecule has 1 atom stereocenters. The van der Waals surface area contributed by atoms with Crippen molar-refractivity contribution < 1.29 is 9.47 Å². The summed E-state index contributed by atoms with van der Waals surface area (Å²) in [6, 6.07) is 7.87. The Morgan fingerprint density at radius 1 is 1.48 bits per heavy atom.